The molecule has 2 aliphatic rings. The predicted molar refractivity (Wildman–Crippen MR) is 65.3 cm³/mol. The highest BCUT2D eigenvalue weighted by atomic mass is 32.2. The highest BCUT2D eigenvalue weighted by Crippen LogP contribution is 2.20. The van der Waals surface area contributed by atoms with Gasteiger partial charge in [-0.15, -0.1) is 0 Å². The molecule has 0 amide bonds. The minimum Gasteiger partial charge on any atom is -0.300 e. The van der Waals surface area contributed by atoms with Gasteiger partial charge in [-0.1, -0.05) is 0 Å². The first kappa shape index (κ1) is 13.0. The molecule has 0 saturated carbocycles. The van der Waals surface area contributed by atoms with E-state index < -0.39 is 10.0 Å². The number of hydrogen-bond acceptors (Lipinski definition) is 4. The fraction of sp³-hybridized carbons (Fsp3) is 0.909. The van der Waals surface area contributed by atoms with Crippen LogP contribution in [0.15, 0.2) is 0 Å². The molecule has 2 saturated heterocycles. The molecular formula is C11H20N2O3S. The van der Waals surface area contributed by atoms with Crippen LogP contribution in [0.2, 0.25) is 0 Å². The molecule has 2 fully saturated rings. The fourth-order valence-electron chi connectivity index (χ4n) is 2.68. The van der Waals surface area contributed by atoms with Gasteiger partial charge in [0.05, 0.1) is 6.26 Å². The number of hydrogen-bond donors (Lipinski definition) is 0. The molecule has 0 atom stereocenters. The van der Waals surface area contributed by atoms with Crippen molar-refractivity contribution in [2.45, 2.75) is 31.7 Å². The van der Waals surface area contributed by atoms with Crippen molar-refractivity contribution in [1.29, 1.82) is 0 Å². The van der Waals surface area contributed by atoms with Gasteiger partial charge in [0.25, 0.3) is 0 Å². The third-order valence-corrected chi connectivity index (χ3v) is 5.07. The van der Waals surface area contributed by atoms with E-state index >= 15 is 0 Å². The lowest BCUT2D eigenvalue weighted by Gasteiger charge is -2.39. The monoisotopic (exact) mass is 260 g/mol. The maximum absolute atomic E-state index is 11.4. The van der Waals surface area contributed by atoms with Crippen LogP contribution in [0.5, 0.6) is 0 Å². The summed E-state index contributed by atoms with van der Waals surface area (Å²) < 4.78 is 24.3. The first-order chi connectivity index (χ1) is 7.97. The van der Waals surface area contributed by atoms with Gasteiger partial charge in [0.1, 0.15) is 5.78 Å². The van der Waals surface area contributed by atoms with E-state index in [1.54, 1.807) is 4.31 Å². The van der Waals surface area contributed by atoms with Gasteiger partial charge < -0.3 is 0 Å². The highest BCUT2D eigenvalue weighted by Gasteiger charge is 2.29. The van der Waals surface area contributed by atoms with Gasteiger partial charge >= 0.3 is 0 Å². The molecule has 98 valence electrons. The van der Waals surface area contributed by atoms with Crippen LogP contribution in [-0.4, -0.2) is 61.9 Å². The molecule has 0 aromatic carbocycles. The van der Waals surface area contributed by atoms with E-state index in [0.717, 1.165) is 25.9 Å². The normalized spacial score (nSPS) is 26.3. The van der Waals surface area contributed by atoms with Gasteiger partial charge in [-0.25, -0.2) is 12.7 Å². The first-order valence-electron chi connectivity index (χ1n) is 6.17. The molecule has 2 heterocycles. The van der Waals surface area contributed by atoms with Crippen molar-refractivity contribution in [2.24, 2.45) is 0 Å². The molecule has 0 spiro atoms. The lowest BCUT2D eigenvalue weighted by molar-refractivity contribution is -0.122. The van der Waals surface area contributed by atoms with E-state index in [2.05, 4.69) is 4.90 Å². The summed E-state index contributed by atoms with van der Waals surface area (Å²) in [6, 6.07) is 0.459. The molecular weight excluding hydrogens is 240 g/mol. The summed E-state index contributed by atoms with van der Waals surface area (Å²) in [6.45, 7) is 2.94. The van der Waals surface area contributed by atoms with Gasteiger partial charge in [0, 0.05) is 45.1 Å². The largest absolute Gasteiger partial charge is 0.300 e. The first-order valence-corrected chi connectivity index (χ1v) is 8.02. The van der Waals surface area contributed by atoms with E-state index in [4.69, 9.17) is 0 Å². The van der Waals surface area contributed by atoms with E-state index in [9.17, 15) is 13.2 Å². The van der Waals surface area contributed by atoms with Crippen LogP contribution in [0, 0.1) is 0 Å². The van der Waals surface area contributed by atoms with Gasteiger partial charge in [-0.2, -0.15) is 0 Å². The quantitative estimate of drug-likeness (QED) is 0.705. The van der Waals surface area contributed by atoms with Crippen LogP contribution in [-0.2, 0) is 14.8 Å². The third-order valence-electron chi connectivity index (χ3n) is 3.76. The van der Waals surface area contributed by atoms with Crippen molar-refractivity contribution in [3.63, 3.8) is 0 Å². The van der Waals surface area contributed by atoms with Crippen LogP contribution in [0.25, 0.3) is 0 Å². The minimum absolute atomic E-state index is 0.356. The van der Waals surface area contributed by atoms with Crippen LogP contribution >= 0.6 is 0 Å². The second-order valence-electron chi connectivity index (χ2n) is 4.97. The molecule has 5 nitrogen and oxygen atoms in total. The van der Waals surface area contributed by atoms with Crippen molar-refractivity contribution < 1.29 is 13.2 Å². The number of ketones is 1. The second-order valence-corrected chi connectivity index (χ2v) is 6.95. The number of nitrogens with zero attached hydrogens (tertiary/aromatic N) is 2. The summed E-state index contributed by atoms with van der Waals surface area (Å²) >= 11 is 0. The number of likely N-dealkylation sites (tertiary alicyclic amines) is 1. The summed E-state index contributed by atoms with van der Waals surface area (Å²) in [6.07, 6.45) is 4.37. The average Bonchev–Trinajstić information content (AvgIpc) is 2.29. The smallest absolute Gasteiger partial charge is 0.211 e. The summed E-state index contributed by atoms with van der Waals surface area (Å²) in [5.74, 6) is 0.356. The molecule has 2 aliphatic heterocycles. The topological polar surface area (TPSA) is 57.7 Å². The Hall–Kier alpha value is -0.460. The van der Waals surface area contributed by atoms with E-state index in [-0.39, 0.29) is 0 Å². The zero-order valence-corrected chi connectivity index (χ0v) is 11.1. The summed E-state index contributed by atoms with van der Waals surface area (Å²) in [5.41, 5.74) is 0. The molecule has 2 rings (SSSR count). The van der Waals surface area contributed by atoms with E-state index in [1.807, 2.05) is 0 Å². The standard InChI is InChI=1S/C11H20N2O3S/c1-17(15,16)13-8-2-10(3-9-13)12-6-4-11(14)5-7-12/h10H,2-9H2,1H3. The zero-order chi connectivity index (χ0) is 12.5. The molecule has 0 aliphatic carbocycles. The molecule has 6 heteroatoms. The van der Waals surface area contributed by atoms with Crippen molar-refractivity contribution >= 4 is 15.8 Å². The maximum Gasteiger partial charge on any atom is 0.211 e. The summed E-state index contributed by atoms with van der Waals surface area (Å²) in [5, 5.41) is 0. The number of Topliss-reactive ketones (excluding diaryl/α,β-unsaturated/α-hetero) is 1. The van der Waals surface area contributed by atoms with Gasteiger partial charge in [0.2, 0.25) is 10.0 Å². The van der Waals surface area contributed by atoms with Crippen molar-refractivity contribution in [1.82, 2.24) is 9.21 Å². The van der Waals surface area contributed by atoms with E-state index in [1.165, 1.54) is 6.26 Å². The Morgan fingerprint density at radius 3 is 2.06 bits per heavy atom. The lowest BCUT2D eigenvalue weighted by Crippen LogP contribution is -2.48. The predicted octanol–water partition coefficient (Wildman–Crippen LogP) is 0.0753. The minimum atomic E-state index is -3.03. The van der Waals surface area contributed by atoms with Crippen LogP contribution in [0.4, 0.5) is 0 Å². The zero-order valence-electron chi connectivity index (χ0n) is 10.3. The SMILES string of the molecule is CS(=O)(=O)N1CCC(N2CCC(=O)CC2)CC1. The van der Waals surface area contributed by atoms with Gasteiger partial charge in [-0.3, -0.25) is 9.69 Å². The molecule has 0 unspecified atom stereocenters. The van der Waals surface area contributed by atoms with Gasteiger partial charge in [0.15, 0.2) is 0 Å². The third kappa shape index (κ3) is 3.26. The molecule has 0 aromatic rings. The number of carbonyl (C=O) groups excluding carboxylic acids is 1. The van der Waals surface area contributed by atoms with Crippen molar-refractivity contribution in [3.05, 3.63) is 0 Å². The van der Waals surface area contributed by atoms with Crippen LogP contribution in [0.3, 0.4) is 0 Å². The van der Waals surface area contributed by atoms with Crippen molar-refractivity contribution in [3.8, 4) is 0 Å². The second kappa shape index (κ2) is 5.04. The molecule has 0 radical (unpaired) electrons. The lowest BCUT2D eigenvalue weighted by atomic mass is 10.0. The Labute approximate surface area is 103 Å². The average molecular weight is 260 g/mol. The van der Waals surface area contributed by atoms with Crippen molar-refractivity contribution in [2.75, 3.05) is 32.4 Å². The number of rotatable bonds is 2. The van der Waals surface area contributed by atoms with Gasteiger partial charge in [-0.05, 0) is 12.8 Å². The molecule has 0 N–H and O–H groups in total. The van der Waals surface area contributed by atoms with E-state index in [0.29, 0.717) is 37.8 Å². The number of sulfonamides is 1. The Morgan fingerprint density at radius 1 is 1.06 bits per heavy atom. The van der Waals surface area contributed by atoms with Crippen LogP contribution in [0.1, 0.15) is 25.7 Å². The highest BCUT2D eigenvalue weighted by molar-refractivity contribution is 7.88. The summed E-state index contributed by atoms with van der Waals surface area (Å²) in [7, 11) is -3.03. The maximum atomic E-state index is 11.4. The Balaban J connectivity index is 1.85. The number of piperidine rings is 2. The Bertz CT molecular complexity index is 376. The number of carbonyl (C=O) groups is 1. The molecule has 0 aromatic heterocycles. The van der Waals surface area contributed by atoms with Crippen LogP contribution < -0.4 is 0 Å². The molecule has 17 heavy (non-hydrogen) atoms. The summed E-state index contributed by atoms with van der Waals surface area (Å²) in [4.78, 5) is 13.5. The molecule has 0 bridgehead atoms. The fourth-order valence-corrected chi connectivity index (χ4v) is 3.55. The Kier molecular flexibility index (Phi) is 3.85. The Morgan fingerprint density at radius 2 is 1.59 bits per heavy atom.